The van der Waals surface area contributed by atoms with E-state index in [9.17, 15) is 0 Å². The summed E-state index contributed by atoms with van der Waals surface area (Å²) in [7, 11) is 5.75. The van der Waals surface area contributed by atoms with Gasteiger partial charge >= 0.3 is 0 Å². The van der Waals surface area contributed by atoms with Crippen LogP contribution in [-0.2, 0) is 0 Å². The van der Waals surface area contributed by atoms with Crippen LogP contribution in [-0.4, -0.2) is 22.2 Å². The van der Waals surface area contributed by atoms with Crippen LogP contribution in [0.1, 0.15) is 19.3 Å². The lowest BCUT2D eigenvalue weighted by molar-refractivity contribution is 0.640. The van der Waals surface area contributed by atoms with Crippen LogP contribution in [0.4, 0.5) is 21.5 Å². The molecule has 1 heterocycles. The predicted molar refractivity (Wildman–Crippen MR) is 115 cm³/mol. The van der Waals surface area contributed by atoms with Crippen LogP contribution in [0.5, 0.6) is 0 Å². The molecule has 0 bridgehead atoms. The van der Waals surface area contributed by atoms with Crippen LogP contribution in [0.25, 0.3) is 10.2 Å². The minimum atomic E-state index is -0.467. The van der Waals surface area contributed by atoms with E-state index in [0.717, 1.165) is 30.8 Å². The predicted octanol–water partition coefficient (Wildman–Crippen LogP) is 5.19. The maximum atomic E-state index is 15.2. The number of nitrogens with zero attached hydrogens (tertiary/aromatic N) is 2. The quantitative estimate of drug-likeness (QED) is 0.315. The summed E-state index contributed by atoms with van der Waals surface area (Å²) in [6.45, 7) is 3.83. The third-order valence-electron chi connectivity index (χ3n) is 4.44. The van der Waals surface area contributed by atoms with Crippen LogP contribution < -0.4 is 15.5 Å². The molecule has 9 heteroatoms. The number of nitrogens with one attached hydrogen (secondary N) is 2. The molecule has 1 fully saturated rings. The zero-order valence-corrected chi connectivity index (χ0v) is 16.6. The molecule has 3 aromatic rings. The second-order valence-electron chi connectivity index (χ2n) is 6.48. The van der Waals surface area contributed by atoms with Crippen molar-refractivity contribution in [3.63, 3.8) is 0 Å². The molecule has 2 radical (unpaired) electrons. The van der Waals surface area contributed by atoms with Gasteiger partial charge in [0.15, 0.2) is 5.82 Å². The van der Waals surface area contributed by atoms with E-state index >= 15 is 4.39 Å². The molecule has 0 atom stereocenters. The Bertz CT molecular complexity index is 1020. The van der Waals surface area contributed by atoms with E-state index in [-0.39, 0.29) is 16.0 Å². The molecule has 136 valence electrons. The fraction of sp³-hybridized carbons (Fsp3) is 0.222. The normalized spacial score (nSPS) is 14.9. The first-order valence-corrected chi connectivity index (χ1v) is 10.3. The number of anilines is 3. The molecule has 1 aliphatic carbocycles. The van der Waals surface area contributed by atoms with Gasteiger partial charge in [-0.05, 0) is 60.9 Å². The number of benzene rings is 2. The first kappa shape index (κ1) is 18.6. The molecule has 0 unspecified atom stereocenters. The zero-order valence-electron chi connectivity index (χ0n) is 14.3. The van der Waals surface area contributed by atoms with E-state index in [4.69, 9.17) is 19.4 Å². The summed E-state index contributed by atoms with van der Waals surface area (Å²) in [6, 6.07) is 6.90. The molecule has 1 aromatic heterocycles. The minimum Gasteiger partial charge on any atom is -0.350 e. The molecule has 0 saturated heterocycles. The standard InChI is InChI=1S/C18H15BClFN4S2/c1-2-5-18(6-7-18)27-24-13-9-14-17(23-25-26-14)15(21)16(13)22-12-4-3-10(19)8-11(12)20/h2-4,8-9,22,24H,1,5-7H2. The molecule has 1 aliphatic rings. The number of aromatic nitrogens is 2. The first-order chi connectivity index (χ1) is 13.0. The van der Waals surface area contributed by atoms with Gasteiger partial charge in [0, 0.05) is 4.75 Å². The second kappa shape index (κ2) is 7.33. The third-order valence-corrected chi connectivity index (χ3v) is 6.75. The smallest absolute Gasteiger partial charge is 0.177 e. The summed E-state index contributed by atoms with van der Waals surface area (Å²) in [5.74, 6) is -0.467. The fourth-order valence-corrected chi connectivity index (χ4v) is 4.60. The molecular weight excluding hydrogens is 402 g/mol. The number of fused-ring (bicyclic) bond motifs is 1. The monoisotopic (exact) mass is 416 g/mol. The molecule has 2 aromatic carbocycles. The number of hydrogen-bond acceptors (Lipinski definition) is 6. The van der Waals surface area contributed by atoms with Crippen molar-refractivity contribution in [2.24, 2.45) is 0 Å². The van der Waals surface area contributed by atoms with Crippen LogP contribution in [0.15, 0.2) is 36.9 Å². The van der Waals surface area contributed by atoms with Gasteiger partial charge in [-0.25, -0.2) is 4.39 Å². The highest BCUT2D eigenvalue weighted by molar-refractivity contribution is 8.02. The van der Waals surface area contributed by atoms with Crippen molar-refractivity contribution in [1.29, 1.82) is 0 Å². The maximum Gasteiger partial charge on any atom is 0.177 e. The van der Waals surface area contributed by atoms with Gasteiger partial charge in [-0.3, -0.25) is 0 Å². The van der Waals surface area contributed by atoms with Gasteiger partial charge in [0.1, 0.15) is 19.1 Å². The molecule has 1 saturated carbocycles. The van der Waals surface area contributed by atoms with Crippen molar-refractivity contribution in [1.82, 2.24) is 9.59 Å². The van der Waals surface area contributed by atoms with E-state index in [2.05, 4.69) is 26.2 Å². The molecule has 0 spiro atoms. The summed E-state index contributed by atoms with van der Waals surface area (Å²) in [6.07, 6.45) is 5.04. The van der Waals surface area contributed by atoms with Crippen molar-refractivity contribution < 1.29 is 4.39 Å². The van der Waals surface area contributed by atoms with Crippen molar-refractivity contribution in [2.75, 3.05) is 10.0 Å². The highest BCUT2D eigenvalue weighted by atomic mass is 35.5. The highest BCUT2D eigenvalue weighted by Crippen LogP contribution is 2.52. The summed E-state index contributed by atoms with van der Waals surface area (Å²) in [5, 5.41) is 7.40. The fourth-order valence-electron chi connectivity index (χ4n) is 2.77. The summed E-state index contributed by atoms with van der Waals surface area (Å²) < 4.78 is 23.2. The Labute approximate surface area is 171 Å². The molecule has 27 heavy (non-hydrogen) atoms. The van der Waals surface area contributed by atoms with Crippen LogP contribution >= 0.6 is 35.1 Å². The van der Waals surface area contributed by atoms with E-state index in [1.165, 1.54) is 0 Å². The summed E-state index contributed by atoms with van der Waals surface area (Å²) in [4.78, 5) is 0. The average molecular weight is 417 g/mol. The highest BCUT2D eigenvalue weighted by Gasteiger charge is 2.42. The molecule has 2 N–H and O–H groups in total. The number of halogens is 2. The Morgan fingerprint density at radius 2 is 2.19 bits per heavy atom. The van der Waals surface area contributed by atoms with Gasteiger partial charge in [-0.15, -0.1) is 11.7 Å². The third kappa shape index (κ3) is 3.79. The van der Waals surface area contributed by atoms with Crippen LogP contribution in [0.2, 0.25) is 5.02 Å². The minimum absolute atomic E-state index is 0.134. The molecule has 4 nitrogen and oxygen atoms in total. The van der Waals surface area contributed by atoms with Crippen molar-refractivity contribution in [2.45, 2.75) is 24.0 Å². The summed E-state index contributed by atoms with van der Waals surface area (Å²) in [5.41, 5.74) is 2.24. The van der Waals surface area contributed by atoms with Gasteiger partial charge < -0.3 is 10.0 Å². The number of rotatable bonds is 7. The number of allylic oxidation sites excluding steroid dienone is 1. The molecule has 0 aliphatic heterocycles. The van der Waals surface area contributed by atoms with Crippen molar-refractivity contribution >= 4 is 75.7 Å². The molecule has 0 amide bonds. The number of hydrogen-bond donors (Lipinski definition) is 2. The van der Waals surface area contributed by atoms with E-state index < -0.39 is 5.82 Å². The van der Waals surface area contributed by atoms with E-state index in [0.29, 0.717) is 26.6 Å². The van der Waals surface area contributed by atoms with Crippen LogP contribution in [0, 0.1) is 5.82 Å². The zero-order chi connectivity index (χ0) is 19.0. The Morgan fingerprint density at radius 1 is 1.37 bits per heavy atom. The van der Waals surface area contributed by atoms with Gasteiger partial charge in [0.25, 0.3) is 0 Å². The molecule has 4 rings (SSSR count). The first-order valence-electron chi connectivity index (χ1n) is 8.33. The Hall–Kier alpha value is -1.77. The van der Waals surface area contributed by atoms with Crippen molar-refractivity contribution in [3.8, 4) is 0 Å². The van der Waals surface area contributed by atoms with Gasteiger partial charge in [-0.2, -0.15) is 0 Å². The SMILES string of the molecule is [B]c1ccc(Nc2c(NSC3(CC=C)CC3)cc3snnc3c2F)c(Cl)c1. The Morgan fingerprint density at radius 3 is 2.89 bits per heavy atom. The largest absolute Gasteiger partial charge is 0.350 e. The van der Waals surface area contributed by atoms with E-state index in [1.807, 2.05) is 12.1 Å². The topological polar surface area (TPSA) is 49.8 Å². The lowest BCUT2D eigenvalue weighted by Crippen LogP contribution is -2.08. The van der Waals surface area contributed by atoms with Gasteiger partial charge in [0.2, 0.25) is 0 Å². The second-order valence-corrected chi connectivity index (χ2v) is 8.94. The molecular formula is C18H15BClFN4S2. The van der Waals surface area contributed by atoms with E-state index in [1.54, 1.807) is 30.1 Å². The lowest BCUT2D eigenvalue weighted by Gasteiger charge is -2.18. The average Bonchev–Trinajstić information content (AvgIpc) is 3.23. The lowest BCUT2D eigenvalue weighted by atomic mass is 9.96. The Kier molecular flexibility index (Phi) is 5.05. The van der Waals surface area contributed by atoms with Gasteiger partial charge in [0.05, 0.1) is 21.1 Å². The summed E-state index contributed by atoms with van der Waals surface area (Å²) >= 11 is 9.01. The van der Waals surface area contributed by atoms with Crippen LogP contribution in [0.3, 0.4) is 0 Å². The maximum absolute atomic E-state index is 15.2. The Balaban J connectivity index is 1.70. The van der Waals surface area contributed by atoms with Crippen molar-refractivity contribution in [3.05, 3.63) is 47.8 Å². The van der Waals surface area contributed by atoms with Gasteiger partial charge in [-0.1, -0.05) is 33.7 Å².